The molecule has 0 amide bonds. The number of fused-ring (bicyclic) bond motifs is 2. The Balaban J connectivity index is 1.55. The number of hydrogen-bond acceptors (Lipinski definition) is 4. The van der Waals surface area contributed by atoms with Crippen LogP contribution in [0.1, 0.15) is 36.8 Å². The first-order valence-electron chi connectivity index (χ1n) is 10.7. The molecule has 1 fully saturated rings. The van der Waals surface area contributed by atoms with Gasteiger partial charge in [-0.1, -0.05) is 19.1 Å². The minimum Gasteiger partial charge on any atom is -0.304 e. The van der Waals surface area contributed by atoms with E-state index in [9.17, 15) is 4.79 Å². The van der Waals surface area contributed by atoms with E-state index in [2.05, 4.69) is 29.9 Å². The molecule has 1 aliphatic heterocycles. The maximum Gasteiger partial charge on any atom is 0.258 e. The van der Waals surface area contributed by atoms with Crippen molar-refractivity contribution in [2.75, 3.05) is 19.6 Å². The zero-order valence-corrected chi connectivity index (χ0v) is 17.8. The third kappa shape index (κ3) is 3.21. The molecule has 0 saturated carbocycles. The first-order valence-corrected chi connectivity index (χ1v) is 10.7. The van der Waals surface area contributed by atoms with Gasteiger partial charge in [-0.25, -0.2) is 4.98 Å². The van der Waals surface area contributed by atoms with Crippen LogP contribution in [0.25, 0.3) is 27.8 Å². The molecule has 3 aromatic heterocycles. The highest BCUT2D eigenvalue weighted by molar-refractivity contribution is 5.84. The lowest BCUT2D eigenvalue weighted by molar-refractivity contribution is 0.222. The van der Waals surface area contributed by atoms with E-state index in [-0.39, 0.29) is 5.56 Å². The number of likely N-dealkylation sites (tertiary alicyclic amines) is 1. The minimum absolute atomic E-state index is 0.0303. The Morgan fingerprint density at radius 2 is 1.93 bits per heavy atom. The number of rotatable bonds is 3. The van der Waals surface area contributed by atoms with Gasteiger partial charge in [0.25, 0.3) is 5.56 Å². The second-order valence-electron chi connectivity index (χ2n) is 8.38. The van der Waals surface area contributed by atoms with Gasteiger partial charge in [-0.05, 0) is 68.6 Å². The Kier molecular flexibility index (Phi) is 4.66. The summed E-state index contributed by atoms with van der Waals surface area (Å²) in [5.74, 6) is 0.510. The minimum atomic E-state index is -0.0303. The van der Waals surface area contributed by atoms with E-state index >= 15 is 0 Å². The first-order chi connectivity index (χ1) is 14.5. The number of aryl methyl sites for hydroxylation is 2. The quantitative estimate of drug-likeness (QED) is 0.525. The molecule has 0 radical (unpaired) electrons. The van der Waals surface area contributed by atoms with Crippen molar-refractivity contribution < 1.29 is 0 Å². The standard InChI is InChI=1S/C24H27N5O/c1-4-28-9-7-17(8-10-28)20-11-16(2)24-26-21(13-23(30)29(24)15-20)18-5-6-22-19(12-18)14-25-27(22)3/h5-6,11-15,17H,4,7-10H2,1-3H3. The number of nitrogens with zero attached hydrogens (tertiary/aromatic N) is 5. The smallest absolute Gasteiger partial charge is 0.258 e. The van der Waals surface area contributed by atoms with Crippen LogP contribution in [0.2, 0.25) is 0 Å². The summed E-state index contributed by atoms with van der Waals surface area (Å²) in [7, 11) is 1.93. The van der Waals surface area contributed by atoms with Crippen molar-refractivity contribution >= 4 is 16.6 Å². The molecule has 4 aromatic rings. The highest BCUT2D eigenvalue weighted by Gasteiger charge is 2.21. The lowest BCUT2D eigenvalue weighted by Crippen LogP contribution is -2.32. The average molecular weight is 402 g/mol. The van der Waals surface area contributed by atoms with E-state index in [0.717, 1.165) is 60.2 Å². The van der Waals surface area contributed by atoms with Crippen LogP contribution in [0.4, 0.5) is 0 Å². The van der Waals surface area contributed by atoms with Gasteiger partial charge in [0.15, 0.2) is 0 Å². The predicted molar refractivity (Wildman–Crippen MR) is 120 cm³/mol. The molecule has 0 unspecified atom stereocenters. The Labute approximate surface area is 175 Å². The SMILES string of the molecule is CCN1CCC(c2cc(C)c3nc(-c4ccc5c(cnn5C)c4)cc(=O)n3c2)CC1. The Morgan fingerprint density at radius 3 is 2.70 bits per heavy atom. The molecular weight excluding hydrogens is 374 g/mol. The van der Waals surface area contributed by atoms with Gasteiger partial charge in [-0.2, -0.15) is 5.10 Å². The predicted octanol–water partition coefficient (Wildman–Crippen LogP) is 3.76. The van der Waals surface area contributed by atoms with Crippen molar-refractivity contribution in [2.45, 2.75) is 32.6 Å². The van der Waals surface area contributed by atoms with Crippen LogP contribution >= 0.6 is 0 Å². The molecule has 6 nitrogen and oxygen atoms in total. The highest BCUT2D eigenvalue weighted by atomic mass is 16.1. The molecular formula is C24H27N5O. The van der Waals surface area contributed by atoms with Crippen LogP contribution < -0.4 is 5.56 Å². The van der Waals surface area contributed by atoms with E-state index in [1.807, 2.05) is 42.3 Å². The number of piperidine rings is 1. The largest absolute Gasteiger partial charge is 0.304 e. The summed E-state index contributed by atoms with van der Waals surface area (Å²) in [6.45, 7) is 7.64. The van der Waals surface area contributed by atoms with Gasteiger partial charge in [0.2, 0.25) is 0 Å². The molecule has 0 aliphatic carbocycles. The summed E-state index contributed by atoms with van der Waals surface area (Å²) in [6.07, 6.45) is 6.14. The summed E-state index contributed by atoms with van der Waals surface area (Å²) >= 11 is 0. The third-order valence-corrected chi connectivity index (χ3v) is 6.51. The molecule has 6 heteroatoms. The zero-order chi connectivity index (χ0) is 20.8. The second kappa shape index (κ2) is 7.36. The molecule has 154 valence electrons. The van der Waals surface area contributed by atoms with Crippen molar-refractivity contribution in [1.29, 1.82) is 0 Å². The van der Waals surface area contributed by atoms with E-state index in [1.165, 1.54) is 5.56 Å². The van der Waals surface area contributed by atoms with Crippen molar-refractivity contribution in [3.05, 3.63) is 64.2 Å². The van der Waals surface area contributed by atoms with Crippen LogP contribution in [-0.4, -0.2) is 43.7 Å². The fraction of sp³-hybridized carbons (Fsp3) is 0.375. The number of hydrogen-bond donors (Lipinski definition) is 0. The van der Waals surface area contributed by atoms with Gasteiger partial charge in [-0.3, -0.25) is 13.9 Å². The average Bonchev–Trinajstić information content (AvgIpc) is 3.14. The summed E-state index contributed by atoms with van der Waals surface area (Å²) in [5, 5.41) is 5.35. The van der Waals surface area contributed by atoms with Gasteiger partial charge < -0.3 is 4.90 Å². The van der Waals surface area contributed by atoms with E-state index in [1.54, 1.807) is 10.5 Å². The molecule has 30 heavy (non-hydrogen) atoms. The van der Waals surface area contributed by atoms with E-state index < -0.39 is 0 Å². The van der Waals surface area contributed by atoms with Crippen molar-refractivity contribution in [1.82, 2.24) is 24.1 Å². The van der Waals surface area contributed by atoms with E-state index in [0.29, 0.717) is 11.6 Å². The van der Waals surface area contributed by atoms with Gasteiger partial charge >= 0.3 is 0 Å². The molecule has 0 N–H and O–H groups in total. The fourth-order valence-electron chi connectivity index (χ4n) is 4.67. The van der Waals surface area contributed by atoms with Crippen LogP contribution in [-0.2, 0) is 7.05 Å². The Morgan fingerprint density at radius 1 is 1.13 bits per heavy atom. The van der Waals surface area contributed by atoms with Gasteiger partial charge in [0.1, 0.15) is 5.65 Å². The second-order valence-corrected chi connectivity index (χ2v) is 8.38. The van der Waals surface area contributed by atoms with Gasteiger partial charge in [0.05, 0.1) is 17.4 Å². The number of benzene rings is 1. The first kappa shape index (κ1) is 19.0. The van der Waals surface area contributed by atoms with Crippen LogP contribution in [0.5, 0.6) is 0 Å². The molecule has 0 spiro atoms. The highest BCUT2D eigenvalue weighted by Crippen LogP contribution is 2.29. The number of aromatic nitrogens is 4. The van der Waals surface area contributed by atoms with Crippen molar-refractivity contribution in [3.8, 4) is 11.3 Å². The Hall–Kier alpha value is -2.99. The van der Waals surface area contributed by atoms with Crippen molar-refractivity contribution in [3.63, 3.8) is 0 Å². The summed E-state index contributed by atoms with van der Waals surface area (Å²) in [4.78, 5) is 20.4. The lowest BCUT2D eigenvalue weighted by atomic mass is 9.90. The molecule has 0 atom stereocenters. The van der Waals surface area contributed by atoms with E-state index in [4.69, 9.17) is 4.98 Å². The monoisotopic (exact) mass is 401 g/mol. The van der Waals surface area contributed by atoms with Gasteiger partial charge in [-0.15, -0.1) is 0 Å². The topological polar surface area (TPSA) is 55.4 Å². The fourth-order valence-corrected chi connectivity index (χ4v) is 4.67. The van der Waals surface area contributed by atoms with Crippen LogP contribution in [0, 0.1) is 6.92 Å². The molecule has 4 heterocycles. The Bertz CT molecular complexity index is 1290. The van der Waals surface area contributed by atoms with Crippen LogP contribution in [0.3, 0.4) is 0 Å². The molecule has 1 aliphatic rings. The molecule has 5 rings (SSSR count). The molecule has 1 aromatic carbocycles. The molecule has 1 saturated heterocycles. The zero-order valence-electron chi connectivity index (χ0n) is 17.8. The summed E-state index contributed by atoms with van der Waals surface area (Å²) in [5.41, 5.74) is 5.71. The maximum absolute atomic E-state index is 13.0. The number of pyridine rings is 1. The molecule has 0 bridgehead atoms. The van der Waals surface area contributed by atoms with Crippen LogP contribution in [0.15, 0.2) is 47.5 Å². The maximum atomic E-state index is 13.0. The summed E-state index contributed by atoms with van der Waals surface area (Å²) in [6, 6.07) is 9.95. The van der Waals surface area contributed by atoms with Gasteiger partial charge in [0, 0.05) is 30.3 Å². The summed E-state index contributed by atoms with van der Waals surface area (Å²) < 4.78 is 3.57. The lowest BCUT2D eigenvalue weighted by Gasteiger charge is -2.31. The normalized spacial score (nSPS) is 16.0. The van der Waals surface area contributed by atoms with Crippen molar-refractivity contribution in [2.24, 2.45) is 7.05 Å². The third-order valence-electron chi connectivity index (χ3n) is 6.51.